The maximum atomic E-state index is 12.5. The van der Waals surface area contributed by atoms with E-state index in [4.69, 9.17) is 0 Å². The van der Waals surface area contributed by atoms with Crippen LogP contribution in [0.4, 0.5) is 0 Å². The minimum Gasteiger partial charge on any atom is -0.269 e. The quantitative estimate of drug-likeness (QED) is 0.624. The average molecular weight is 398 g/mol. The summed E-state index contributed by atoms with van der Waals surface area (Å²) in [5, 5.41) is 0. The first-order valence-corrected chi connectivity index (χ1v) is 9.25. The highest BCUT2D eigenvalue weighted by molar-refractivity contribution is 6.21. The fourth-order valence-corrected chi connectivity index (χ4v) is 3.63. The molecule has 0 fully saturated rings. The Morgan fingerprint density at radius 1 is 0.533 bits per heavy atom. The van der Waals surface area contributed by atoms with Crippen LogP contribution < -0.4 is 0 Å². The Morgan fingerprint density at radius 3 is 1.10 bits per heavy atom. The van der Waals surface area contributed by atoms with E-state index in [2.05, 4.69) is 9.97 Å². The van der Waals surface area contributed by atoms with Crippen LogP contribution in [0.2, 0.25) is 0 Å². The van der Waals surface area contributed by atoms with Crippen molar-refractivity contribution in [3.63, 3.8) is 0 Å². The van der Waals surface area contributed by atoms with Crippen molar-refractivity contribution in [3.05, 3.63) is 94.6 Å². The molecule has 0 bridgehead atoms. The van der Waals surface area contributed by atoms with Crippen molar-refractivity contribution in [1.29, 1.82) is 0 Å². The largest absolute Gasteiger partial charge is 0.269 e. The van der Waals surface area contributed by atoms with Crippen LogP contribution in [0.25, 0.3) is 0 Å². The highest BCUT2D eigenvalue weighted by Crippen LogP contribution is 2.25. The molecule has 4 amide bonds. The summed E-state index contributed by atoms with van der Waals surface area (Å²) in [4.78, 5) is 60.6. The van der Waals surface area contributed by atoms with Crippen molar-refractivity contribution in [3.8, 4) is 0 Å². The maximum Gasteiger partial charge on any atom is 0.261 e. The Bertz CT molecular complexity index is 1070. The van der Waals surface area contributed by atoms with E-state index < -0.39 is 0 Å². The zero-order valence-corrected chi connectivity index (χ0v) is 15.6. The molecule has 8 nitrogen and oxygen atoms in total. The molecule has 8 heteroatoms. The Labute approximate surface area is 170 Å². The van der Waals surface area contributed by atoms with Crippen LogP contribution in [-0.2, 0) is 13.1 Å². The third kappa shape index (κ3) is 2.69. The second kappa shape index (κ2) is 6.70. The standard InChI is InChI=1S/C22H14N4O4/c27-19-15-5-1-2-6-16(15)20(28)25(19)11-13-9-24-14(10-23-13)12-26-21(29)17-7-3-4-8-18(17)22(26)30/h1-10H,11-12H2. The van der Waals surface area contributed by atoms with E-state index in [-0.39, 0.29) is 36.7 Å². The molecule has 0 unspecified atom stereocenters. The van der Waals surface area contributed by atoms with E-state index in [0.29, 0.717) is 33.6 Å². The highest BCUT2D eigenvalue weighted by atomic mass is 16.2. The van der Waals surface area contributed by atoms with Gasteiger partial charge in [-0.25, -0.2) is 0 Å². The van der Waals surface area contributed by atoms with Crippen molar-refractivity contribution >= 4 is 23.6 Å². The second-order valence-corrected chi connectivity index (χ2v) is 6.98. The molecular formula is C22H14N4O4. The highest BCUT2D eigenvalue weighted by Gasteiger charge is 2.36. The van der Waals surface area contributed by atoms with Crippen molar-refractivity contribution in [2.75, 3.05) is 0 Å². The molecular weight excluding hydrogens is 384 g/mol. The third-order valence-electron chi connectivity index (χ3n) is 5.16. The molecule has 3 heterocycles. The molecule has 2 aliphatic rings. The van der Waals surface area contributed by atoms with Gasteiger partial charge in [-0.1, -0.05) is 24.3 Å². The first-order valence-electron chi connectivity index (χ1n) is 9.25. The summed E-state index contributed by atoms with van der Waals surface area (Å²) >= 11 is 0. The van der Waals surface area contributed by atoms with E-state index in [0.717, 1.165) is 9.80 Å². The number of hydrogen-bond acceptors (Lipinski definition) is 6. The second-order valence-electron chi connectivity index (χ2n) is 6.98. The fraction of sp³-hybridized carbons (Fsp3) is 0.0909. The van der Waals surface area contributed by atoms with Crippen molar-refractivity contribution in [1.82, 2.24) is 19.8 Å². The number of benzene rings is 2. The van der Waals surface area contributed by atoms with Crippen LogP contribution in [0.5, 0.6) is 0 Å². The van der Waals surface area contributed by atoms with Gasteiger partial charge in [0.15, 0.2) is 0 Å². The van der Waals surface area contributed by atoms with Gasteiger partial charge in [0.2, 0.25) is 0 Å². The Morgan fingerprint density at radius 2 is 0.833 bits per heavy atom. The molecule has 0 radical (unpaired) electrons. The molecule has 0 N–H and O–H groups in total. The lowest BCUT2D eigenvalue weighted by atomic mass is 10.1. The van der Waals surface area contributed by atoms with Crippen LogP contribution in [-0.4, -0.2) is 43.4 Å². The van der Waals surface area contributed by atoms with Crippen LogP contribution in [0.15, 0.2) is 60.9 Å². The number of rotatable bonds is 4. The van der Waals surface area contributed by atoms with E-state index in [9.17, 15) is 19.2 Å². The smallest absolute Gasteiger partial charge is 0.261 e. The monoisotopic (exact) mass is 398 g/mol. The van der Waals surface area contributed by atoms with Crippen molar-refractivity contribution in [2.24, 2.45) is 0 Å². The minimum absolute atomic E-state index is 0.00730. The summed E-state index contributed by atoms with van der Waals surface area (Å²) in [7, 11) is 0. The zero-order valence-electron chi connectivity index (χ0n) is 15.6. The van der Waals surface area contributed by atoms with E-state index in [1.54, 1.807) is 48.5 Å². The van der Waals surface area contributed by atoms with Gasteiger partial charge in [0, 0.05) is 0 Å². The number of hydrogen-bond donors (Lipinski definition) is 0. The molecule has 146 valence electrons. The first kappa shape index (κ1) is 17.9. The van der Waals surface area contributed by atoms with Gasteiger partial charge in [0.25, 0.3) is 23.6 Å². The van der Waals surface area contributed by atoms with E-state index in [1.807, 2.05) is 0 Å². The minimum atomic E-state index is -0.368. The molecule has 2 aliphatic heterocycles. The predicted molar refractivity (Wildman–Crippen MR) is 103 cm³/mol. The number of amides is 4. The van der Waals surface area contributed by atoms with Gasteiger partial charge in [-0.05, 0) is 24.3 Å². The molecule has 2 aromatic carbocycles. The fourth-order valence-electron chi connectivity index (χ4n) is 3.63. The molecule has 0 atom stereocenters. The summed E-state index contributed by atoms with van der Waals surface area (Å²) in [6.45, 7) is -0.0146. The van der Waals surface area contributed by atoms with Crippen LogP contribution in [0.3, 0.4) is 0 Å². The number of imide groups is 2. The van der Waals surface area contributed by atoms with Crippen LogP contribution in [0, 0.1) is 0 Å². The molecule has 0 saturated carbocycles. The number of carbonyl (C=O) groups is 4. The molecule has 30 heavy (non-hydrogen) atoms. The van der Waals surface area contributed by atoms with Crippen LogP contribution in [0.1, 0.15) is 52.8 Å². The lowest BCUT2D eigenvalue weighted by molar-refractivity contribution is 0.0622. The van der Waals surface area contributed by atoms with E-state index >= 15 is 0 Å². The molecule has 0 spiro atoms. The van der Waals surface area contributed by atoms with Crippen molar-refractivity contribution in [2.45, 2.75) is 13.1 Å². The first-order chi connectivity index (χ1) is 14.5. The van der Waals surface area contributed by atoms with Gasteiger partial charge in [-0.15, -0.1) is 0 Å². The molecule has 5 rings (SSSR count). The lowest BCUT2D eigenvalue weighted by Gasteiger charge is -2.15. The molecule has 0 saturated heterocycles. The third-order valence-corrected chi connectivity index (χ3v) is 5.16. The van der Waals surface area contributed by atoms with Gasteiger partial charge in [0.1, 0.15) is 0 Å². The Kier molecular flexibility index (Phi) is 3.99. The van der Waals surface area contributed by atoms with Gasteiger partial charge >= 0.3 is 0 Å². The van der Waals surface area contributed by atoms with Crippen LogP contribution >= 0.6 is 0 Å². The topological polar surface area (TPSA) is 101 Å². The van der Waals surface area contributed by atoms with E-state index in [1.165, 1.54) is 12.4 Å². The Balaban J connectivity index is 1.31. The SMILES string of the molecule is O=C1c2ccccc2C(=O)N1Cc1cnc(CN2C(=O)c3ccccc3C2=O)cn1. The van der Waals surface area contributed by atoms with Gasteiger partial charge in [0.05, 0.1) is 59.1 Å². The summed E-state index contributed by atoms with van der Waals surface area (Å²) in [6.07, 6.45) is 2.88. The summed E-state index contributed by atoms with van der Waals surface area (Å²) in [5.74, 6) is -1.47. The summed E-state index contributed by atoms with van der Waals surface area (Å²) in [6, 6.07) is 13.3. The van der Waals surface area contributed by atoms with Crippen molar-refractivity contribution < 1.29 is 19.2 Å². The van der Waals surface area contributed by atoms with Gasteiger partial charge in [-0.3, -0.25) is 38.9 Å². The Hall–Kier alpha value is -4.20. The number of fused-ring (bicyclic) bond motifs is 2. The van der Waals surface area contributed by atoms with Gasteiger partial charge in [-0.2, -0.15) is 0 Å². The number of carbonyl (C=O) groups excluding carboxylic acids is 4. The maximum absolute atomic E-state index is 12.5. The molecule has 1 aromatic heterocycles. The molecule has 0 aliphatic carbocycles. The molecule has 3 aromatic rings. The predicted octanol–water partition coefficient (Wildman–Crippen LogP) is 2.07. The average Bonchev–Trinajstić information content (AvgIpc) is 3.16. The normalized spacial score (nSPS) is 15.1. The summed E-state index contributed by atoms with van der Waals surface area (Å²) in [5.41, 5.74) is 2.34. The zero-order chi connectivity index (χ0) is 20.8. The lowest BCUT2D eigenvalue weighted by Crippen LogP contribution is -2.30. The van der Waals surface area contributed by atoms with Gasteiger partial charge < -0.3 is 0 Å². The number of nitrogens with zero attached hydrogens (tertiary/aromatic N) is 4. The number of aromatic nitrogens is 2. The summed E-state index contributed by atoms with van der Waals surface area (Å²) < 4.78 is 0.